The Bertz CT molecular complexity index is 944. The van der Waals surface area contributed by atoms with Gasteiger partial charge < -0.3 is 14.5 Å². The summed E-state index contributed by atoms with van der Waals surface area (Å²) in [5.74, 6) is -0.654. The van der Waals surface area contributed by atoms with Gasteiger partial charge in [0.25, 0.3) is 5.91 Å². The van der Waals surface area contributed by atoms with Crippen molar-refractivity contribution in [3.05, 3.63) is 51.0 Å². The Morgan fingerprint density at radius 3 is 2.76 bits per heavy atom. The number of halogens is 1. The summed E-state index contributed by atoms with van der Waals surface area (Å²) in [5.41, 5.74) is 0.996. The number of fused-ring (bicyclic) bond motifs is 1. The number of carbonyl (C=O) groups excluding carboxylic acids is 2. The molecule has 2 heterocycles. The Morgan fingerprint density at radius 2 is 2.04 bits per heavy atom. The summed E-state index contributed by atoms with van der Waals surface area (Å²) in [6.45, 7) is 4.02. The van der Waals surface area contributed by atoms with E-state index in [9.17, 15) is 9.59 Å². The predicted octanol–water partition coefficient (Wildman–Crippen LogP) is 5.25. The van der Waals surface area contributed by atoms with E-state index >= 15 is 0 Å². The van der Waals surface area contributed by atoms with Gasteiger partial charge in [-0.25, -0.2) is 4.79 Å². The Hall–Kier alpha value is -2.12. The highest BCUT2D eigenvalue weighted by Crippen LogP contribution is 2.30. The van der Waals surface area contributed by atoms with Crippen molar-refractivity contribution in [2.75, 3.05) is 11.9 Å². The van der Waals surface area contributed by atoms with Crippen LogP contribution in [0.1, 0.15) is 39.6 Å². The molecule has 3 rings (SSSR count). The zero-order valence-electron chi connectivity index (χ0n) is 13.7. The van der Waals surface area contributed by atoms with E-state index in [1.54, 1.807) is 25.1 Å². The van der Waals surface area contributed by atoms with E-state index in [1.165, 1.54) is 11.3 Å². The highest BCUT2D eigenvalue weighted by Gasteiger charge is 2.21. The predicted molar refractivity (Wildman–Crippen MR) is 102 cm³/mol. The molecule has 0 saturated carbocycles. The molecule has 0 unspecified atom stereocenters. The monoisotopic (exact) mass is 421 g/mol. The van der Waals surface area contributed by atoms with E-state index in [0.29, 0.717) is 16.1 Å². The maximum atomic E-state index is 12.5. The number of esters is 1. The van der Waals surface area contributed by atoms with Crippen LogP contribution in [0.5, 0.6) is 0 Å². The van der Waals surface area contributed by atoms with Gasteiger partial charge in [-0.3, -0.25) is 4.79 Å². The molecule has 1 aromatic carbocycles. The van der Waals surface area contributed by atoms with Crippen LogP contribution in [0.15, 0.2) is 39.2 Å². The molecule has 0 bridgehead atoms. The first kappa shape index (κ1) is 17.7. The Balaban J connectivity index is 1.88. The number of anilines is 1. The van der Waals surface area contributed by atoms with Crippen LogP contribution < -0.4 is 5.32 Å². The van der Waals surface area contributed by atoms with Crippen molar-refractivity contribution in [2.24, 2.45) is 0 Å². The SMILES string of the molecule is CCOC(=O)c1cc(CC)sc1NC(=O)c1cc2cc(Br)ccc2o1. The van der Waals surface area contributed by atoms with Crippen molar-refractivity contribution in [1.82, 2.24) is 0 Å². The minimum absolute atomic E-state index is 0.189. The number of benzene rings is 1. The van der Waals surface area contributed by atoms with Crippen LogP contribution in [0.4, 0.5) is 5.00 Å². The van der Waals surface area contributed by atoms with Crippen molar-refractivity contribution in [3.8, 4) is 0 Å². The summed E-state index contributed by atoms with van der Waals surface area (Å²) in [6.07, 6.45) is 0.769. The van der Waals surface area contributed by atoms with Gasteiger partial charge in [0.15, 0.2) is 5.76 Å². The number of ether oxygens (including phenoxy) is 1. The van der Waals surface area contributed by atoms with E-state index in [4.69, 9.17) is 9.15 Å². The molecular weight excluding hydrogens is 406 g/mol. The summed E-state index contributed by atoms with van der Waals surface area (Å²) in [6, 6.07) is 8.95. The Labute approximate surface area is 157 Å². The zero-order chi connectivity index (χ0) is 18.0. The van der Waals surface area contributed by atoms with Gasteiger partial charge in [0.1, 0.15) is 10.6 Å². The number of furan rings is 1. The molecule has 0 aliphatic rings. The van der Waals surface area contributed by atoms with Crippen molar-refractivity contribution in [3.63, 3.8) is 0 Å². The molecule has 0 radical (unpaired) electrons. The molecular formula is C18H16BrNO4S. The lowest BCUT2D eigenvalue weighted by molar-refractivity contribution is 0.0528. The summed E-state index contributed by atoms with van der Waals surface area (Å²) in [4.78, 5) is 25.6. The number of thiophene rings is 1. The van der Waals surface area contributed by atoms with Crippen LogP contribution in [0.3, 0.4) is 0 Å². The zero-order valence-corrected chi connectivity index (χ0v) is 16.1. The number of carbonyl (C=O) groups is 2. The summed E-state index contributed by atoms with van der Waals surface area (Å²) >= 11 is 4.76. The molecule has 0 saturated heterocycles. The second kappa shape index (κ2) is 7.41. The van der Waals surface area contributed by atoms with E-state index in [2.05, 4.69) is 21.2 Å². The van der Waals surface area contributed by atoms with Gasteiger partial charge in [-0.05, 0) is 43.7 Å². The fraction of sp³-hybridized carbons (Fsp3) is 0.222. The Morgan fingerprint density at radius 1 is 1.24 bits per heavy atom. The van der Waals surface area contributed by atoms with Gasteiger partial charge in [-0.15, -0.1) is 11.3 Å². The van der Waals surface area contributed by atoms with Crippen molar-refractivity contribution < 1.29 is 18.7 Å². The van der Waals surface area contributed by atoms with Crippen LogP contribution in [-0.2, 0) is 11.2 Å². The van der Waals surface area contributed by atoms with Crippen LogP contribution >= 0.6 is 27.3 Å². The second-order valence-corrected chi connectivity index (χ2v) is 7.33. The molecule has 2 aromatic heterocycles. The molecule has 25 heavy (non-hydrogen) atoms. The molecule has 0 spiro atoms. The highest BCUT2D eigenvalue weighted by atomic mass is 79.9. The van der Waals surface area contributed by atoms with Crippen LogP contribution in [0.25, 0.3) is 11.0 Å². The molecule has 0 aliphatic heterocycles. The lowest BCUT2D eigenvalue weighted by Gasteiger charge is -2.04. The fourth-order valence-electron chi connectivity index (χ4n) is 2.36. The lowest BCUT2D eigenvalue weighted by Crippen LogP contribution is -2.13. The normalized spacial score (nSPS) is 10.8. The van der Waals surface area contributed by atoms with Crippen molar-refractivity contribution >= 4 is 55.1 Å². The minimum Gasteiger partial charge on any atom is -0.462 e. The summed E-state index contributed by atoms with van der Waals surface area (Å²) in [7, 11) is 0. The third-order valence-corrected chi connectivity index (χ3v) is 5.24. The third-order valence-electron chi connectivity index (χ3n) is 3.56. The van der Waals surface area contributed by atoms with Gasteiger partial charge >= 0.3 is 5.97 Å². The number of rotatable bonds is 5. The first-order valence-electron chi connectivity index (χ1n) is 7.82. The number of hydrogen-bond donors (Lipinski definition) is 1. The fourth-order valence-corrected chi connectivity index (χ4v) is 3.72. The number of aryl methyl sites for hydroxylation is 1. The smallest absolute Gasteiger partial charge is 0.341 e. The quantitative estimate of drug-likeness (QED) is 0.571. The molecule has 7 heteroatoms. The number of amides is 1. The standard InChI is InChI=1S/C18H16BrNO4S/c1-3-12-9-13(18(22)23-4-2)17(25-12)20-16(21)15-8-10-7-11(19)5-6-14(10)24-15/h5-9H,3-4H2,1-2H3,(H,20,21). The molecule has 0 atom stereocenters. The van der Waals surface area contributed by atoms with Crippen LogP contribution in [-0.4, -0.2) is 18.5 Å². The van der Waals surface area contributed by atoms with Gasteiger partial charge in [0.05, 0.1) is 12.2 Å². The largest absolute Gasteiger partial charge is 0.462 e. The summed E-state index contributed by atoms with van der Waals surface area (Å²) < 4.78 is 11.6. The molecule has 0 aliphatic carbocycles. The van der Waals surface area contributed by atoms with Crippen molar-refractivity contribution in [2.45, 2.75) is 20.3 Å². The molecule has 1 amide bonds. The average molecular weight is 422 g/mol. The molecule has 5 nitrogen and oxygen atoms in total. The van der Waals surface area contributed by atoms with E-state index in [-0.39, 0.29) is 12.4 Å². The first-order chi connectivity index (χ1) is 12.0. The first-order valence-corrected chi connectivity index (χ1v) is 9.43. The summed E-state index contributed by atoms with van der Waals surface area (Å²) in [5, 5.41) is 4.07. The van der Waals surface area contributed by atoms with Gasteiger partial charge in [0, 0.05) is 14.7 Å². The van der Waals surface area contributed by atoms with Crippen LogP contribution in [0, 0.1) is 0 Å². The van der Waals surface area contributed by atoms with Gasteiger partial charge in [-0.2, -0.15) is 0 Å². The molecule has 3 aromatic rings. The van der Waals surface area contributed by atoms with Crippen molar-refractivity contribution in [1.29, 1.82) is 0 Å². The maximum Gasteiger partial charge on any atom is 0.341 e. The van der Waals surface area contributed by atoms with E-state index in [0.717, 1.165) is 21.2 Å². The lowest BCUT2D eigenvalue weighted by atomic mass is 10.2. The van der Waals surface area contributed by atoms with Gasteiger partial charge in [-0.1, -0.05) is 22.9 Å². The Kier molecular flexibility index (Phi) is 5.24. The maximum absolute atomic E-state index is 12.5. The minimum atomic E-state index is -0.442. The van der Waals surface area contributed by atoms with E-state index < -0.39 is 11.9 Å². The third kappa shape index (κ3) is 3.77. The molecule has 1 N–H and O–H groups in total. The van der Waals surface area contributed by atoms with Gasteiger partial charge in [0.2, 0.25) is 0 Å². The number of hydrogen-bond acceptors (Lipinski definition) is 5. The molecule has 130 valence electrons. The van der Waals surface area contributed by atoms with Crippen LogP contribution in [0.2, 0.25) is 0 Å². The van der Waals surface area contributed by atoms with E-state index in [1.807, 2.05) is 19.1 Å². The average Bonchev–Trinajstić information content (AvgIpc) is 3.18. The molecule has 0 fully saturated rings. The second-order valence-electron chi connectivity index (χ2n) is 5.28. The number of nitrogens with one attached hydrogen (secondary N) is 1. The highest BCUT2D eigenvalue weighted by molar-refractivity contribution is 9.10. The topological polar surface area (TPSA) is 68.5 Å².